The van der Waals surface area contributed by atoms with Crippen molar-refractivity contribution >= 4 is 23.2 Å². The van der Waals surface area contributed by atoms with Gasteiger partial charge in [0.05, 0.1) is 12.4 Å². The molecule has 2 heterocycles. The van der Waals surface area contributed by atoms with Crippen molar-refractivity contribution in [2.45, 2.75) is 0 Å². The average molecular weight is 310 g/mol. The Kier molecular flexibility index (Phi) is 3.71. The van der Waals surface area contributed by atoms with Gasteiger partial charge >= 0.3 is 5.69 Å². The Morgan fingerprint density at radius 2 is 1.87 bits per heavy atom. The molecule has 0 atom stereocenters. The average Bonchev–Trinajstić information content (AvgIpc) is 2.59. The molecule has 1 aromatic carbocycles. The normalized spacial score (nSPS) is 11.2. The molecular formula is C15H14N6O2. The molecule has 3 aromatic rings. The van der Waals surface area contributed by atoms with Gasteiger partial charge in [-0.05, 0) is 5.56 Å². The Balaban J connectivity index is 1.96. The van der Waals surface area contributed by atoms with Crippen molar-refractivity contribution in [2.75, 3.05) is 5.43 Å². The second kappa shape index (κ2) is 5.84. The van der Waals surface area contributed by atoms with E-state index in [4.69, 9.17) is 0 Å². The summed E-state index contributed by atoms with van der Waals surface area (Å²) >= 11 is 0. The monoisotopic (exact) mass is 310 g/mol. The number of nitrogens with one attached hydrogen (secondary N) is 1. The van der Waals surface area contributed by atoms with Crippen molar-refractivity contribution in [3.8, 4) is 0 Å². The summed E-state index contributed by atoms with van der Waals surface area (Å²) in [5.74, 6) is 0.320. The summed E-state index contributed by atoms with van der Waals surface area (Å²) < 4.78 is 2.27. The van der Waals surface area contributed by atoms with Crippen LogP contribution in [-0.4, -0.2) is 25.3 Å². The maximum atomic E-state index is 12.1. The predicted molar refractivity (Wildman–Crippen MR) is 87.7 cm³/mol. The maximum Gasteiger partial charge on any atom is 0.332 e. The fourth-order valence-corrected chi connectivity index (χ4v) is 2.10. The topological polar surface area (TPSA) is 94.2 Å². The Morgan fingerprint density at radius 3 is 2.61 bits per heavy atom. The Morgan fingerprint density at radius 1 is 1.13 bits per heavy atom. The lowest BCUT2D eigenvalue weighted by Crippen LogP contribution is -2.37. The van der Waals surface area contributed by atoms with Gasteiger partial charge in [-0.3, -0.25) is 19.4 Å². The van der Waals surface area contributed by atoms with Crippen molar-refractivity contribution in [3.05, 3.63) is 62.9 Å². The molecule has 0 saturated heterocycles. The van der Waals surface area contributed by atoms with E-state index in [2.05, 4.69) is 20.5 Å². The number of anilines is 1. The lowest BCUT2D eigenvalue weighted by molar-refractivity contribution is 0.704. The third kappa shape index (κ3) is 2.73. The number of nitrogens with zero attached hydrogens (tertiary/aromatic N) is 5. The van der Waals surface area contributed by atoms with E-state index in [9.17, 15) is 9.59 Å². The number of hydrogen-bond acceptors (Lipinski definition) is 6. The predicted octanol–water partition coefficient (Wildman–Crippen LogP) is 0.473. The minimum Gasteiger partial charge on any atom is -0.279 e. The summed E-state index contributed by atoms with van der Waals surface area (Å²) in [6.45, 7) is 0. The molecule has 8 nitrogen and oxygen atoms in total. The van der Waals surface area contributed by atoms with Gasteiger partial charge in [0, 0.05) is 14.1 Å². The van der Waals surface area contributed by atoms with Gasteiger partial charge < -0.3 is 0 Å². The zero-order valence-electron chi connectivity index (χ0n) is 12.6. The summed E-state index contributed by atoms with van der Waals surface area (Å²) in [4.78, 5) is 32.3. The van der Waals surface area contributed by atoms with Crippen LogP contribution in [0.4, 0.5) is 5.82 Å². The summed E-state index contributed by atoms with van der Waals surface area (Å²) in [5.41, 5.74) is 3.05. The van der Waals surface area contributed by atoms with E-state index in [0.717, 1.165) is 10.1 Å². The molecule has 0 bridgehead atoms. The van der Waals surface area contributed by atoms with E-state index < -0.39 is 11.2 Å². The molecule has 0 aliphatic rings. The number of fused-ring (bicyclic) bond motifs is 1. The van der Waals surface area contributed by atoms with Gasteiger partial charge in [-0.25, -0.2) is 14.8 Å². The standard InChI is InChI=1S/C15H14N6O2/c1-20-13-12(14(22)21(2)15(20)23)18-11(9-16-13)19-17-8-10-6-4-3-5-7-10/h3-9H,1-2H3,(H,18,19)/b17-8+. The van der Waals surface area contributed by atoms with E-state index in [1.54, 1.807) is 13.3 Å². The highest BCUT2D eigenvalue weighted by Crippen LogP contribution is 2.06. The van der Waals surface area contributed by atoms with Crippen molar-refractivity contribution in [1.29, 1.82) is 0 Å². The fourth-order valence-electron chi connectivity index (χ4n) is 2.10. The summed E-state index contributed by atoms with van der Waals surface area (Å²) in [6.07, 6.45) is 3.05. The molecule has 0 amide bonds. The van der Waals surface area contributed by atoms with E-state index >= 15 is 0 Å². The molecule has 2 aromatic heterocycles. The Bertz CT molecular complexity index is 1000. The molecule has 0 aliphatic carbocycles. The maximum absolute atomic E-state index is 12.1. The summed E-state index contributed by atoms with van der Waals surface area (Å²) in [7, 11) is 2.94. The van der Waals surface area contributed by atoms with Gasteiger partial charge in [0.15, 0.2) is 17.0 Å². The lowest BCUT2D eigenvalue weighted by atomic mass is 10.2. The van der Waals surface area contributed by atoms with Gasteiger partial charge in [0.1, 0.15) is 0 Å². The molecule has 8 heteroatoms. The van der Waals surface area contributed by atoms with E-state index in [-0.39, 0.29) is 11.2 Å². The molecule has 0 radical (unpaired) electrons. The van der Waals surface area contributed by atoms with Crippen molar-refractivity contribution < 1.29 is 0 Å². The third-order valence-corrected chi connectivity index (χ3v) is 3.34. The van der Waals surface area contributed by atoms with Crippen LogP contribution in [0.3, 0.4) is 0 Å². The number of benzene rings is 1. The molecule has 0 spiro atoms. The number of aromatic nitrogens is 4. The van der Waals surface area contributed by atoms with Gasteiger partial charge in [0.2, 0.25) is 0 Å². The van der Waals surface area contributed by atoms with Crippen LogP contribution >= 0.6 is 0 Å². The van der Waals surface area contributed by atoms with E-state index in [0.29, 0.717) is 5.82 Å². The van der Waals surface area contributed by atoms with Crippen LogP contribution in [0.5, 0.6) is 0 Å². The summed E-state index contributed by atoms with van der Waals surface area (Å²) in [5, 5.41) is 4.06. The smallest absolute Gasteiger partial charge is 0.279 e. The largest absolute Gasteiger partial charge is 0.332 e. The van der Waals surface area contributed by atoms with Crippen molar-refractivity contribution in [3.63, 3.8) is 0 Å². The van der Waals surface area contributed by atoms with Crippen molar-refractivity contribution in [2.24, 2.45) is 19.2 Å². The zero-order valence-corrected chi connectivity index (χ0v) is 12.6. The SMILES string of the molecule is Cn1c(=O)c2nc(N/N=C/c3ccccc3)cnc2n(C)c1=O. The highest BCUT2D eigenvalue weighted by molar-refractivity contribution is 5.80. The van der Waals surface area contributed by atoms with Gasteiger partial charge in [-0.1, -0.05) is 30.3 Å². The first-order chi connectivity index (χ1) is 11.1. The zero-order chi connectivity index (χ0) is 16.4. The Hall–Kier alpha value is -3.29. The van der Waals surface area contributed by atoms with Crippen LogP contribution in [0.15, 0.2) is 51.2 Å². The van der Waals surface area contributed by atoms with Crippen LogP contribution in [0.25, 0.3) is 11.2 Å². The first-order valence-corrected chi connectivity index (χ1v) is 6.85. The highest BCUT2D eigenvalue weighted by Gasteiger charge is 2.11. The van der Waals surface area contributed by atoms with Crippen LogP contribution in [0.1, 0.15) is 5.56 Å². The number of hydrazone groups is 1. The second-order valence-electron chi connectivity index (χ2n) is 4.91. The molecule has 0 aliphatic heterocycles. The van der Waals surface area contributed by atoms with Gasteiger partial charge in [-0.15, -0.1) is 0 Å². The fraction of sp³-hybridized carbons (Fsp3) is 0.133. The third-order valence-electron chi connectivity index (χ3n) is 3.34. The van der Waals surface area contributed by atoms with Gasteiger partial charge in [0.25, 0.3) is 5.56 Å². The number of rotatable bonds is 3. The number of aryl methyl sites for hydroxylation is 1. The molecule has 116 valence electrons. The molecule has 0 saturated carbocycles. The molecule has 3 rings (SSSR count). The van der Waals surface area contributed by atoms with E-state index in [1.807, 2.05) is 30.3 Å². The van der Waals surface area contributed by atoms with Gasteiger partial charge in [-0.2, -0.15) is 5.10 Å². The lowest BCUT2D eigenvalue weighted by Gasteiger charge is -2.06. The van der Waals surface area contributed by atoms with Crippen molar-refractivity contribution in [1.82, 2.24) is 19.1 Å². The number of hydrogen-bond donors (Lipinski definition) is 1. The first-order valence-electron chi connectivity index (χ1n) is 6.85. The summed E-state index contributed by atoms with van der Waals surface area (Å²) in [6, 6.07) is 9.54. The highest BCUT2D eigenvalue weighted by atomic mass is 16.2. The van der Waals surface area contributed by atoms with Crippen LogP contribution in [0, 0.1) is 0 Å². The molecule has 0 unspecified atom stereocenters. The minimum absolute atomic E-state index is 0.106. The first kappa shape index (κ1) is 14.6. The molecule has 1 N–H and O–H groups in total. The van der Waals surface area contributed by atoms with Crippen LogP contribution in [-0.2, 0) is 14.1 Å². The molecular weight excluding hydrogens is 296 g/mol. The molecule has 23 heavy (non-hydrogen) atoms. The van der Waals surface area contributed by atoms with Crippen LogP contribution < -0.4 is 16.7 Å². The Labute approximate surface area is 130 Å². The van der Waals surface area contributed by atoms with E-state index in [1.165, 1.54) is 17.8 Å². The minimum atomic E-state index is -0.494. The quantitative estimate of drug-likeness (QED) is 0.561. The van der Waals surface area contributed by atoms with Crippen LogP contribution in [0.2, 0.25) is 0 Å². The molecule has 0 fully saturated rings. The second-order valence-corrected chi connectivity index (χ2v) is 4.91.